The minimum absolute atomic E-state index is 0.0726. The van der Waals surface area contributed by atoms with Crippen LogP contribution in [0.2, 0.25) is 0 Å². The van der Waals surface area contributed by atoms with Crippen LogP contribution >= 0.6 is 0 Å². The maximum absolute atomic E-state index is 12.1. The SMILES string of the molecule is CC(Oc1cc(N(C)C)ccc1N)C(=O)NC1CCCC1. The van der Waals surface area contributed by atoms with Gasteiger partial charge in [-0.05, 0) is 31.9 Å². The predicted molar refractivity (Wildman–Crippen MR) is 85.7 cm³/mol. The molecule has 0 saturated heterocycles. The summed E-state index contributed by atoms with van der Waals surface area (Å²) in [6, 6.07) is 5.88. The molecule has 0 heterocycles. The van der Waals surface area contributed by atoms with Crippen molar-refractivity contribution in [1.82, 2.24) is 5.32 Å². The Hall–Kier alpha value is -1.91. The Morgan fingerprint density at radius 2 is 2.05 bits per heavy atom. The van der Waals surface area contributed by atoms with Gasteiger partial charge in [-0.3, -0.25) is 4.79 Å². The van der Waals surface area contributed by atoms with Gasteiger partial charge in [0.2, 0.25) is 0 Å². The summed E-state index contributed by atoms with van der Waals surface area (Å²) in [7, 11) is 3.90. The molecule has 5 heteroatoms. The number of hydrogen-bond acceptors (Lipinski definition) is 4. The highest BCUT2D eigenvalue weighted by Crippen LogP contribution is 2.28. The van der Waals surface area contributed by atoms with Crippen LogP contribution in [0, 0.1) is 0 Å². The van der Waals surface area contributed by atoms with E-state index < -0.39 is 6.10 Å². The van der Waals surface area contributed by atoms with Crippen molar-refractivity contribution in [2.24, 2.45) is 0 Å². The second kappa shape index (κ2) is 6.70. The van der Waals surface area contributed by atoms with Gasteiger partial charge in [-0.25, -0.2) is 0 Å². The van der Waals surface area contributed by atoms with Gasteiger partial charge in [0.1, 0.15) is 5.75 Å². The van der Waals surface area contributed by atoms with Crippen LogP contribution in [0.25, 0.3) is 0 Å². The molecule has 1 aliphatic carbocycles. The lowest BCUT2D eigenvalue weighted by Gasteiger charge is -2.20. The average Bonchev–Trinajstić information content (AvgIpc) is 2.93. The Labute approximate surface area is 126 Å². The molecular formula is C16H25N3O2. The molecule has 0 aliphatic heterocycles. The summed E-state index contributed by atoms with van der Waals surface area (Å²) >= 11 is 0. The first-order valence-electron chi connectivity index (χ1n) is 7.51. The quantitative estimate of drug-likeness (QED) is 0.816. The number of nitrogen functional groups attached to an aromatic ring is 1. The van der Waals surface area contributed by atoms with E-state index in [1.165, 1.54) is 12.8 Å². The van der Waals surface area contributed by atoms with Crippen molar-refractivity contribution in [2.75, 3.05) is 24.7 Å². The molecule has 1 fully saturated rings. The topological polar surface area (TPSA) is 67.6 Å². The summed E-state index contributed by atoms with van der Waals surface area (Å²) in [5, 5.41) is 3.04. The van der Waals surface area contributed by atoms with Crippen LogP contribution in [-0.4, -0.2) is 32.1 Å². The number of carbonyl (C=O) groups excluding carboxylic acids is 1. The Kier molecular flexibility index (Phi) is 4.94. The fourth-order valence-corrected chi connectivity index (χ4v) is 2.54. The van der Waals surface area contributed by atoms with Gasteiger partial charge in [0, 0.05) is 31.9 Å². The molecule has 0 radical (unpaired) electrons. The molecule has 1 unspecified atom stereocenters. The summed E-state index contributed by atoms with van der Waals surface area (Å²) in [5.74, 6) is 0.479. The van der Waals surface area contributed by atoms with Crippen molar-refractivity contribution in [3.05, 3.63) is 18.2 Å². The highest BCUT2D eigenvalue weighted by Gasteiger charge is 2.22. The molecule has 21 heavy (non-hydrogen) atoms. The highest BCUT2D eigenvalue weighted by atomic mass is 16.5. The number of carbonyl (C=O) groups is 1. The van der Waals surface area contributed by atoms with E-state index >= 15 is 0 Å². The maximum Gasteiger partial charge on any atom is 0.260 e. The maximum atomic E-state index is 12.1. The molecule has 2 rings (SSSR count). The zero-order valence-electron chi connectivity index (χ0n) is 13.1. The van der Waals surface area contributed by atoms with Crippen LogP contribution in [0.1, 0.15) is 32.6 Å². The van der Waals surface area contributed by atoms with Gasteiger partial charge in [-0.2, -0.15) is 0 Å². The molecule has 1 aromatic rings. The minimum Gasteiger partial charge on any atom is -0.479 e. The van der Waals surface area contributed by atoms with Crippen LogP contribution in [0.4, 0.5) is 11.4 Å². The number of amides is 1. The number of rotatable bonds is 5. The lowest BCUT2D eigenvalue weighted by molar-refractivity contribution is -0.127. The summed E-state index contributed by atoms with van der Waals surface area (Å²) in [5.41, 5.74) is 7.46. The monoisotopic (exact) mass is 291 g/mol. The normalized spacial score (nSPS) is 16.5. The van der Waals surface area contributed by atoms with Crippen molar-refractivity contribution in [3.8, 4) is 5.75 Å². The summed E-state index contributed by atoms with van der Waals surface area (Å²) in [6.07, 6.45) is 3.97. The molecule has 0 bridgehead atoms. The second-order valence-corrected chi connectivity index (χ2v) is 5.87. The van der Waals surface area contributed by atoms with E-state index in [1.54, 1.807) is 13.0 Å². The van der Waals surface area contributed by atoms with E-state index in [-0.39, 0.29) is 5.91 Å². The molecular weight excluding hydrogens is 266 g/mol. The molecule has 0 aromatic heterocycles. The smallest absolute Gasteiger partial charge is 0.260 e. The van der Waals surface area contributed by atoms with E-state index in [0.29, 0.717) is 17.5 Å². The number of nitrogens with two attached hydrogens (primary N) is 1. The Balaban J connectivity index is 1.99. The van der Waals surface area contributed by atoms with Gasteiger partial charge in [0.05, 0.1) is 5.69 Å². The molecule has 116 valence electrons. The third-order valence-electron chi connectivity index (χ3n) is 3.89. The van der Waals surface area contributed by atoms with Gasteiger partial charge in [0.15, 0.2) is 6.10 Å². The number of benzene rings is 1. The van der Waals surface area contributed by atoms with Crippen LogP contribution in [-0.2, 0) is 4.79 Å². The van der Waals surface area contributed by atoms with Crippen molar-refractivity contribution < 1.29 is 9.53 Å². The molecule has 1 saturated carbocycles. The third kappa shape index (κ3) is 4.03. The number of anilines is 2. The van der Waals surface area contributed by atoms with Crippen molar-refractivity contribution in [1.29, 1.82) is 0 Å². The van der Waals surface area contributed by atoms with Crippen LogP contribution < -0.4 is 20.7 Å². The van der Waals surface area contributed by atoms with Gasteiger partial charge in [-0.15, -0.1) is 0 Å². The van der Waals surface area contributed by atoms with Crippen molar-refractivity contribution in [2.45, 2.75) is 44.8 Å². The molecule has 5 nitrogen and oxygen atoms in total. The van der Waals surface area contributed by atoms with Crippen LogP contribution in [0.3, 0.4) is 0 Å². The first-order valence-corrected chi connectivity index (χ1v) is 7.51. The second-order valence-electron chi connectivity index (χ2n) is 5.87. The molecule has 1 aliphatic rings. The summed E-state index contributed by atoms with van der Waals surface area (Å²) in [6.45, 7) is 1.76. The van der Waals surface area contributed by atoms with Gasteiger partial charge < -0.3 is 20.7 Å². The molecule has 1 amide bonds. The van der Waals surface area contributed by atoms with Crippen LogP contribution in [0.5, 0.6) is 5.75 Å². The lowest BCUT2D eigenvalue weighted by Crippen LogP contribution is -2.41. The van der Waals surface area contributed by atoms with E-state index in [9.17, 15) is 4.79 Å². The predicted octanol–water partition coefficient (Wildman–Crippen LogP) is 2.16. The Bertz CT molecular complexity index is 496. The number of ether oxygens (including phenoxy) is 1. The van der Waals surface area contributed by atoms with Gasteiger partial charge >= 0.3 is 0 Å². The lowest BCUT2D eigenvalue weighted by atomic mass is 10.2. The first kappa shape index (κ1) is 15.5. The van der Waals surface area contributed by atoms with Gasteiger partial charge in [-0.1, -0.05) is 12.8 Å². The highest BCUT2D eigenvalue weighted by molar-refractivity contribution is 5.81. The van der Waals surface area contributed by atoms with Crippen LogP contribution in [0.15, 0.2) is 18.2 Å². The third-order valence-corrected chi connectivity index (χ3v) is 3.89. The minimum atomic E-state index is -0.551. The fraction of sp³-hybridized carbons (Fsp3) is 0.562. The average molecular weight is 291 g/mol. The van der Waals surface area contributed by atoms with Crippen molar-refractivity contribution in [3.63, 3.8) is 0 Å². The van der Waals surface area contributed by atoms with Crippen molar-refractivity contribution >= 4 is 17.3 Å². The standard InChI is InChI=1S/C16H25N3O2/c1-11(16(20)18-12-6-4-5-7-12)21-15-10-13(19(2)3)8-9-14(15)17/h8-12H,4-7,17H2,1-3H3,(H,18,20). The largest absolute Gasteiger partial charge is 0.479 e. The Morgan fingerprint density at radius 1 is 1.38 bits per heavy atom. The van der Waals surface area contributed by atoms with Gasteiger partial charge in [0.25, 0.3) is 5.91 Å². The zero-order valence-corrected chi connectivity index (χ0v) is 13.1. The number of nitrogens with one attached hydrogen (secondary N) is 1. The van der Waals surface area contributed by atoms with E-state index in [1.807, 2.05) is 31.1 Å². The molecule has 1 aromatic carbocycles. The zero-order chi connectivity index (χ0) is 15.4. The fourth-order valence-electron chi connectivity index (χ4n) is 2.54. The number of hydrogen-bond donors (Lipinski definition) is 2. The number of nitrogens with zero attached hydrogens (tertiary/aromatic N) is 1. The van der Waals surface area contributed by atoms with E-state index in [2.05, 4.69) is 5.32 Å². The first-order chi connectivity index (χ1) is 9.97. The summed E-state index contributed by atoms with van der Waals surface area (Å²) < 4.78 is 5.74. The molecule has 3 N–H and O–H groups in total. The van der Waals surface area contributed by atoms with E-state index in [0.717, 1.165) is 18.5 Å². The summed E-state index contributed by atoms with van der Waals surface area (Å²) in [4.78, 5) is 14.1. The Morgan fingerprint density at radius 3 is 2.67 bits per heavy atom. The molecule has 1 atom stereocenters. The van der Waals surface area contributed by atoms with E-state index in [4.69, 9.17) is 10.5 Å². The molecule has 0 spiro atoms.